The van der Waals surface area contributed by atoms with E-state index in [1.165, 1.54) is 4.88 Å². The molecule has 1 N–H and O–H groups in total. The molecule has 1 saturated heterocycles. The Morgan fingerprint density at radius 3 is 3.31 bits per heavy atom. The molecule has 3 nitrogen and oxygen atoms in total. The summed E-state index contributed by atoms with van der Waals surface area (Å²) in [5.41, 5.74) is 0. The van der Waals surface area contributed by atoms with Gasteiger partial charge in [0.25, 0.3) is 0 Å². The Hall–Kier alpha value is -0.420. The molecule has 0 bridgehead atoms. The normalized spacial score (nSPS) is 22.4. The zero-order valence-corrected chi connectivity index (χ0v) is 10.6. The Kier molecular flexibility index (Phi) is 4.78. The molecular formula is C12H20N2OS. The minimum Gasteiger partial charge on any atom is -0.374 e. The first-order valence-corrected chi connectivity index (χ1v) is 6.76. The molecule has 0 aliphatic carbocycles. The molecular weight excluding hydrogens is 220 g/mol. The maximum absolute atomic E-state index is 5.68. The van der Waals surface area contributed by atoms with E-state index < -0.39 is 0 Å². The third kappa shape index (κ3) is 3.87. The van der Waals surface area contributed by atoms with Crippen molar-refractivity contribution in [3.63, 3.8) is 0 Å². The van der Waals surface area contributed by atoms with Crippen molar-refractivity contribution in [3.05, 3.63) is 22.4 Å². The zero-order chi connectivity index (χ0) is 11.2. The van der Waals surface area contributed by atoms with Crippen LogP contribution in [-0.4, -0.2) is 50.8 Å². The molecule has 0 aromatic carbocycles. The summed E-state index contributed by atoms with van der Waals surface area (Å²) in [6, 6.07) is 4.30. The number of ether oxygens (including phenoxy) is 1. The number of nitrogens with zero attached hydrogens (tertiary/aromatic N) is 1. The Morgan fingerprint density at radius 2 is 2.56 bits per heavy atom. The van der Waals surface area contributed by atoms with E-state index in [4.69, 9.17) is 4.74 Å². The van der Waals surface area contributed by atoms with Gasteiger partial charge >= 0.3 is 0 Å². The predicted molar refractivity (Wildman–Crippen MR) is 68.1 cm³/mol. The Labute approximate surface area is 101 Å². The molecule has 1 atom stereocenters. The highest BCUT2D eigenvalue weighted by Crippen LogP contribution is 2.08. The van der Waals surface area contributed by atoms with E-state index in [1.54, 1.807) is 0 Å². The fourth-order valence-electron chi connectivity index (χ4n) is 1.92. The van der Waals surface area contributed by atoms with Crippen molar-refractivity contribution in [3.8, 4) is 0 Å². The Balaban J connectivity index is 1.57. The van der Waals surface area contributed by atoms with Crippen LogP contribution >= 0.6 is 11.3 Å². The van der Waals surface area contributed by atoms with Gasteiger partial charge in [0.05, 0.1) is 12.7 Å². The fraction of sp³-hybridized carbons (Fsp3) is 0.667. The summed E-state index contributed by atoms with van der Waals surface area (Å²) in [6.45, 7) is 4.99. The average molecular weight is 240 g/mol. The first kappa shape index (κ1) is 12.0. The van der Waals surface area contributed by atoms with Crippen LogP contribution in [-0.2, 0) is 11.2 Å². The van der Waals surface area contributed by atoms with Gasteiger partial charge in [-0.25, -0.2) is 0 Å². The van der Waals surface area contributed by atoms with E-state index in [0.717, 1.165) is 39.2 Å². The molecule has 0 unspecified atom stereocenters. The Bertz CT molecular complexity index is 289. The highest BCUT2D eigenvalue weighted by molar-refractivity contribution is 7.09. The summed E-state index contributed by atoms with van der Waals surface area (Å²) >= 11 is 1.83. The number of rotatable bonds is 5. The smallest absolute Gasteiger partial charge is 0.0826 e. The molecule has 2 rings (SSSR count). The van der Waals surface area contributed by atoms with Crippen LogP contribution in [0.3, 0.4) is 0 Å². The van der Waals surface area contributed by atoms with E-state index in [2.05, 4.69) is 34.8 Å². The predicted octanol–water partition coefficient (Wildman–Crippen LogP) is 1.21. The van der Waals surface area contributed by atoms with Crippen LogP contribution in [0.15, 0.2) is 17.5 Å². The second-order valence-electron chi connectivity index (χ2n) is 4.29. The van der Waals surface area contributed by atoms with E-state index in [-0.39, 0.29) is 0 Å². The van der Waals surface area contributed by atoms with Gasteiger partial charge in [0.2, 0.25) is 0 Å². The second-order valence-corrected chi connectivity index (χ2v) is 5.32. The van der Waals surface area contributed by atoms with Gasteiger partial charge in [-0.1, -0.05) is 6.07 Å². The lowest BCUT2D eigenvalue weighted by Crippen LogP contribution is -2.45. The van der Waals surface area contributed by atoms with Gasteiger partial charge in [-0.3, -0.25) is 0 Å². The van der Waals surface area contributed by atoms with E-state index in [9.17, 15) is 0 Å². The highest BCUT2D eigenvalue weighted by atomic mass is 32.1. The molecule has 4 heteroatoms. The van der Waals surface area contributed by atoms with Crippen molar-refractivity contribution in [1.29, 1.82) is 0 Å². The first-order chi connectivity index (χ1) is 7.84. The SMILES string of the molecule is CN1CCO[C@@H](CNCCc2cccs2)C1. The summed E-state index contributed by atoms with van der Waals surface area (Å²) in [5.74, 6) is 0. The molecule has 0 radical (unpaired) electrons. The number of likely N-dealkylation sites (N-methyl/N-ethyl adjacent to an activating group) is 1. The largest absolute Gasteiger partial charge is 0.374 e. The number of hydrogen-bond acceptors (Lipinski definition) is 4. The van der Waals surface area contributed by atoms with Crippen molar-refractivity contribution in [2.24, 2.45) is 0 Å². The van der Waals surface area contributed by atoms with Gasteiger partial charge in [0, 0.05) is 31.1 Å². The van der Waals surface area contributed by atoms with Gasteiger partial charge in [-0.2, -0.15) is 0 Å². The van der Waals surface area contributed by atoms with E-state index >= 15 is 0 Å². The second kappa shape index (κ2) is 6.35. The van der Waals surface area contributed by atoms with Gasteiger partial charge in [0.15, 0.2) is 0 Å². The molecule has 16 heavy (non-hydrogen) atoms. The molecule has 90 valence electrons. The molecule has 1 aliphatic heterocycles. The van der Waals surface area contributed by atoms with Crippen molar-refractivity contribution in [1.82, 2.24) is 10.2 Å². The lowest BCUT2D eigenvalue weighted by Gasteiger charge is -2.30. The maximum atomic E-state index is 5.68. The molecule has 0 spiro atoms. The summed E-state index contributed by atoms with van der Waals surface area (Å²) < 4.78 is 5.68. The minimum atomic E-state index is 0.363. The topological polar surface area (TPSA) is 24.5 Å². The van der Waals surface area contributed by atoms with Gasteiger partial charge < -0.3 is 15.0 Å². The van der Waals surface area contributed by atoms with Crippen molar-refractivity contribution < 1.29 is 4.74 Å². The molecule has 2 heterocycles. The first-order valence-electron chi connectivity index (χ1n) is 5.88. The summed E-state index contributed by atoms with van der Waals surface area (Å²) in [7, 11) is 2.15. The van der Waals surface area contributed by atoms with Crippen LogP contribution in [0.4, 0.5) is 0 Å². The average Bonchev–Trinajstić information content (AvgIpc) is 2.77. The number of morpholine rings is 1. The van der Waals surface area contributed by atoms with Gasteiger partial charge in [-0.15, -0.1) is 11.3 Å². The number of hydrogen-bond donors (Lipinski definition) is 1. The Morgan fingerprint density at radius 1 is 1.62 bits per heavy atom. The minimum absolute atomic E-state index is 0.363. The zero-order valence-electron chi connectivity index (χ0n) is 9.82. The number of nitrogens with one attached hydrogen (secondary N) is 1. The van der Waals surface area contributed by atoms with Crippen molar-refractivity contribution in [2.45, 2.75) is 12.5 Å². The molecule has 1 aromatic heterocycles. The van der Waals surface area contributed by atoms with Crippen LogP contribution in [0.5, 0.6) is 0 Å². The van der Waals surface area contributed by atoms with E-state index in [1.807, 2.05) is 11.3 Å². The standard InChI is InChI=1S/C12H20N2OS/c1-14-6-7-15-11(10-14)9-13-5-4-12-3-2-8-16-12/h2-3,8,11,13H,4-7,9-10H2,1H3/t11-/m0/s1. The van der Waals surface area contributed by atoms with Crippen molar-refractivity contribution in [2.75, 3.05) is 39.8 Å². The summed E-state index contributed by atoms with van der Waals surface area (Å²) in [6.07, 6.45) is 1.49. The lowest BCUT2D eigenvalue weighted by atomic mass is 10.2. The molecule has 1 aromatic rings. The van der Waals surface area contributed by atoms with Crippen LogP contribution in [0, 0.1) is 0 Å². The lowest BCUT2D eigenvalue weighted by molar-refractivity contribution is -0.0179. The van der Waals surface area contributed by atoms with Crippen LogP contribution in [0.25, 0.3) is 0 Å². The van der Waals surface area contributed by atoms with Gasteiger partial charge in [0.1, 0.15) is 0 Å². The van der Waals surface area contributed by atoms with Crippen LogP contribution in [0.1, 0.15) is 4.88 Å². The van der Waals surface area contributed by atoms with Crippen molar-refractivity contribution >= 4 is 11.3 Å². The summed E-state index contributed by atoms with van der Waals surface area (Å²) in [4.78, 5) is 3.78. The van der Waals surface area contributed by atoms with Crippen LogP contribution in [0.2, 0.25) is 0 Å². The molecule has 1 fully saturated rings. The van der Waals surface area contributed by atoms with Gasteiger partial charge in [-0.05, 0) is 24.9 Å². The highest BCUT2D eigenvalue weighted by Gasteiger charge is 2.16. The third-order valence-corrected chi connectivity index (χ3v) is 3.78. The quantitative estimate of drug-likeness (QED) is 0.783. The number of thiophene rings is 1. The molecule has 0 amide bonds. The third-order valence-electron chi connectivity index (χ3n) is 2.84. The fourth-order valence-corrected chi connectivity index (χ4v) is 2.63. The van der Waals surface area contributed by atoms with Crippen LogP contribution < -0.4 is 5.32 Å². The maximum Gasteiger partial charge on any atom is 0.0826 e. The van der Waals surface area contributed by atoms with E-state index in [0.29, 0.717) is 6.10 Å². The molecule has 0 saturated carbocycles. The monoisotopic (exact) mass is 240 g/mol. The summed E-state index contributed by atoms with van der Waals surface area (Å²) in [5, 5.41) is 5.60. The molecule has 1 aliphatic rings.